The van der Waals surface area contributed by atoms with E-state index in [9.17, 15) is 19.3 Å². The number of nitro benzene ring substituents is 1. The van der Waals surface area contributed by atoms with Crippen LogP contribution in [0.1, 0.15) is 21.1 Å². The summed E-state index contributed by atoms with van der Waals surface area (Å²) in [4.78, 5) is 25.9. The maximum absolute atomic E-state index is 13.2. The Morgan fingerprint density at radius 3 is 2.90 bits per heavy atom. The maximum Gasteiger partial charge on any atom is 0.305 e. The summed E-state index contributed by atoms with van der Waals surface area (Å²) in [6, 6.07) is 3.06. The minimum atomic E-state index is -0.963. The van der Waals surface area contributed by atoms with Crippen molar-refractivity contribution < 1.29 is 14.1 Å². The maximum atomic E-state index is 13.2. The standard InChI is InChI=1S/C13H12FN3O3S/c1-8-7-21-12(16-8)4-5-15-13(18)9-2-3-10(14)11(6-9)17(19)20/h2-3,6-7H,4-5H2,1H3,(H,15,18). The number of halogens is 1. The Morgan fingerprint density at radius 1 is 1.52 bits per heavy atom. The Labute approximate surface area is 123 Å². The van der Waals surface area contributed by atoms with Crippen LogP contribution in [0.25, 0.3) is 0 Å². The SMILES string of the molecule is Cc1csc(CCNC(=O)c2ccc(F)c([N+](=O)[O-])c2)n1. The second kappa shape index (κ2) is 6.40. The molecular weight excluding hydrogens is 297 g/mol. The predicted molar refractivity (Wildman–Crippen MR) is 75.9 cm³/mol. The van der Waals surface area contributed by atoms with Crippen LogP contribution in [0.5, 0.6) is 0 Å². The first kappa shape index (κ1) is 15.0. The summed E-state index contributed by atoms with van der Waals surface area (Å²) < 4.78 is 13.2. The predicted octanol–water partition coefficient (Wildman–Crippen LogP) is 2.47. The fourth-order valence-electron chi connectivity index (χ4n) is 1.70. The van der Waals surface area contributed by atoms with Gasteiger partial charge in [0.25, 0.3) is 5.91 Å². The van der Waals surface area contributed by atoms with Gasteiger partial charge in [-0.15, -0.1) is 11.3 Å². The lowest BCUT2D eigenvalue weighted by Gasteiger charge is -2.04. The molecule has 0 fully saturated rings. The van der Waals surface area contributed by atoms with Gasteiger partial charge in [0.15, 0.2) is 0 Å². The molecule has 0 spiro atoms. The van der Waals surface area contributed by atoms with E-state index in [1.165, 1.54) is 17.4 Å². The number of thiazole rings is 1. The molecule has 2 rings (SSSR count). The molecule has 2 aromatic rings. The Morgan fingerprint density at radius 2 is 2.29 bits per heavy atom. The molecule has 110 valence electrons. The van der Waals surface area contributed by atoms with Crippen molar-refractivity contribution in [2.75, 3.05) is 6.54 Å². The number of amides is 1. The van der Waals surface area contributed by atoms with E-state index in [0.717, 1.165) is 22.8 Å². The molecule has 1 N–H and O–H groups in total. The van der Waals surface area contributed by atoms with Gasteiger partial charge in [0.2, 0.25) is 5.82 Å². The van der Waals surface area contributed by atoms with Crippen LogP contribution in [-0.2, 0) is 6.42 Å². The van der Waals surface area contributed by atoms with E-state index in [0.29, 0.717) is 13.0 Å². The average Bonchev–Trinajstić information content (AvgIpc) is 2.84. The Hall–Kier alpha value is -2.35. The minimum Gasteiger partial charge on any atom is -0.352 e. The lowest BCUT2D eigenvalue weighted by Crippen LogP contribution is -2.25. The fraction of sp³-hybridized carbons (Fsp3) is 0.231. The van der Waals surface area contributed by atoms with Crippen molar-refractivity contribution in [2.24, 2.45) is 0 Å². The van der Waals surface area contributed by atoms with E-state index < -0.39 is 22.3 Å². The molecule has 6 nitrogen and oxygen atoms in total. The van der Waals surface area contributed by atoms with E-state index in [1.807, 2.05) is 12.3 Å². The quantitative estimate of drug-likeness (QED) is 0.679. The number of carbonyl (C=O) groups excluding carboxylic acids is 1. The first-order chi connectivity index (χ1) is 9.97. The highest BCUT2D eigenvalue weighted by molar-refractivity contribution is 7.09. The molecule has 1 aromatic heterocycles. The largest absolute Gasteiger partial charge is 0.352 e. The molecule has 1 aromatic carbocycles. The number of hydrogen-bond donors (Lipinski definition) is 1. The summed E-state index contributed by atoms with van der Waals surface area (Å²) in [5, 5.41) is 16.1. The topological polar surface area (TPSA) is 85.1 Å². The minimum absolute atomic E-state index is 0.0541. The van der Waals surface area contributed by atoms with Gasteiger partial charge in [-0.1, -0.05) is 0 Å². The van der Waals surface area contributed by atoms with Gasteiger partial charge in [0.05, 0.1) is 9.93 Å². The summed E-state index contributed by atoms with van der Waals surface area (Å²) in [6.07, 6.45) is 0.577. The van der Waals surface area contributed by atoms with Crippen molar-refractivity contribution in [1.82, 2.24) is 10.3 Å². The van der Waals surface area contributed by atoms with Crippen molar-refractivity contribution in [3.05, 3.63) is 55.8 Å². The smallest absolute Gasteiger partial charge is 0.305 e. The molecule has 0 aliphatic heterocycles. The zero-order valence-electron chi connectivity index (χ0n) is 11.1. The van der Waals surface area contributed by atoms with Crippen molar-refractivity contribution in [3.63, 3.8) is 0 Å². The molecule has 0 aliphatic carbocycles. The van der Waals surface area contributed by atoms with E-state index in [1.54, 1.807) is 0 Å². The van der Waals surface area contributed by atoms with Gasteiger partial charge in [0.1, 0.15) is 0 Å². The second-order valence-corrected chi connectivity index (χ2v) is 5.25. The molecule has 1 amide bonds. The number of rotatable bonds is 5. The third-order valence-corrected chi connectivity index (χ3v) is 3.72. The molecule has 0 saturated heterocycles. The summed E-state index contributed by atoms with van der Waals surface area (Å²) in [6.45, 7) is 2.24. The highest BCUT2D eigenvalue weighted by Crippen LogP contribution is 2.18. The van der Waals surface area contributed by atoms with Crippen LogP contribution in [0.2, 0.25) is 0 Å². The number of carbonyl (C=O) groups is 1. The van der Waals surface area contributed by atoms with Gasteiger partial charge in [-0.25, -0.2) is 4.98 Å². The molecule has 0 bridgehead atoms. The van der Waals surface area contributed by atoms with Gasteiger partial charge in [-0.05, 0) is 19.1 Å². The van der Waals surface area contributed by atoms with E-state index >= 15 is 0 Å². The van der Waals surface area contributed by atoms with Crippen LogP contribution < -0.4 is 5.32 Å². The van der Waals surface area contributed by atoms with Crippen molar-refractivity contribution in [1.29, 1.82) is 0 Å². The fourth-order valence-corrected chi connectivity index (χ4v) is 2.47. The summed E-state index contributed by atoms with van der Waals surface area (Å²) >= 11 is 1.50. The van der Waals surface area contributed by atoms with Crippen LogP contribution >= 0.6 is 11.3 Å². The first-order valence-electron chi connectivity index (χ1n) is 6.10. The van der Waals surface area contributed by atoms with Crippen LogP contribution in [-0.4, -0.2) is 22.4 Å². The van der Waals surface area contributed by atoms with Crippen LogP contribution in [0.3, 0.4) is 0 Å². The second-order valence-electron chi connectivity index (χ2n) is 4.31. The molecule has 0 saturated carbocycles. The Kier molecular flexibility index (Phi) is 4.59. The molecule has 8 heteroatoms. The van der Waals surface area contributed by atoms with Gasteiger partial charge in [-0.3, -0.25) is 14.9 Å². The third-order valence-electron chi connectivity index (χ3n) is 2.70. The van der Waals surface area contributed by atoms with Gasteiger partial charge >= 0.3 is 5.69 Å². The lowest BCUT2D eigenvalue weighted by atomic mass is 10.2. The molecule has 0 aliphatic rings. The number of aromatic nitrogens is 1. The summed E-state index contributed by atoms with van der Waals surface area (Å²) in [5.41, 5.74) is 0.270. The molecule has 0 radical (unpaired) electrons. The van der Waals surface area contributed by atoms with Gasteiger partial charge in [0, 0.05) is 35.7 Å². The van der Waals surface area contributed by atoms with Gasteiger partial charge < -0.3 is 5.32 Å². The number of benzene rings is 1. The molecule has 1 heterocycles. The number of hydrogen-bond acceptors (Lipinski definition) is 5. The zero-order valence-corrected chi connectivity index (χ0v) is 11.9. The van der Waals surface area contributed by atoms with E-state index in [4.69, 9.17) is 0 Å². The highest BCUT2D eigenvalue weighted by Gasteiger charge is 2.17. The number of aryl methyl sites for hydroxylation is 1. The van der Waals surface area contributed by atoms with Gasteiger partial charge in [-0.2, -0.15) is 4.39 Å². The molecular formula is C13H12FN3O3S. The van der Waals surface area contributed by atoms with Crippen molar-refractivity contribution in [3.8, 4) is 0 Å². The van der Waals surface area contributed by atoms with Crippen LogP contribution in [0.4, 0.5) is 10.1 Å². The molecule has 21 heavy (non-hydrogen) atoms. The van der Waals surface area contributed by atoms with Crippen molar-refractivity contribution in [2.45, 2.75) is 13.3 Å². The average molecular weight is 309 g/mol. The number of nitrogens with one attached hydrogen (secondary N) is 1. The summed E-state index contributed by atoms with van der Waals surface area (Å²) in [5.74, 6) is -1.44. The van der Waals surface area contributed by atoms with E-state index in [-0.39, 0.29) is 5.56 Å². The van der Waals surface area contributed by atoms with Crippen LogP contribution in [0, 0.1) is 22.9 Å². The number of nitrogens with zero attached hydrogens (tertiary/aromatic N) is 2. The monoisotopic (exact) mass is 309 g/mol. The Bertz CT molecular complexity index is 687. The normalized spacial score (nSPS) is 10.4. The van der Waals surface area contributed by atoms with Crippen LogP contribution in [0.15, 0.2) is 23.6 Å². The van der Waals surface area contributed by atoms with E-state index in [2.05, 4.69) is 10.3 Å². The highest BCUT2D eigenvalue weighted by atomic mass is 32.1. The Balaban J connectivity index is 1.97. The number of nitro groups is 1. The van der Waals surface area contributed by atoms with Crippen molar-refractivity contribution >= 4 is 22.9 Å². The zero-order chi connectivity index (χ0) is 15.4. The molecule has 0 atom stereocenters. The third kappa shape index (κ3) is 3.82. The molecule has 0 unspecified atom stereocenters. The lowest BCUT2D eigenvalue weighted by molar-refractivity contribution is -0.387. The summed E-state index contributed by atoms with van der Waals surface area (Å²) in [7, 11) is 0. The first-order valence-corrected chi connectivity index (χ1v) is 6.98.